The number of benzene rings is 1. The van der Waals surface area contributed by atoms with Crippen molar-refractivity contribution in [2.45, 2.75) is 26.7 Å². The van der Waals surface area contributed by atoms with Crippen molar-refractivity contribution in [3.63, 3.8) is 0 Å². The molecule has 1 N–H and O–H groups in total. The second-order valence-corrected chi connectivity index (χ2v) is 8.18. The third-order valence-corrected chi connectivity index (χ3v) is 5.44. The first kappa shape index (κ1) is 20.6. The minimum absolute atomic E-state index is 0.290. The van der Waals surface area contributed by atoms with Gasteiger partial charge in [0, 0.05) is 23.1 Å². The van der Waals surface area contributed by atoms with Crippen molar-refractivity contribution in [1.82, 2.24) is 29.4 Å². The molecule has 0 aliphatic rings. The largest absolute Gasteiger partial charge is 0.321 e. The van der Waals surface area contributed by atoms with Gasteiger partial charge in [0.25, 0.3) is 5.91 Å². The Kier molecular flexibility index (Phi) is 5.18. The fourth-order valence-corrected chi connectivity index (χ4v) is 3.63. The molecule has 164 valence electrons. The van der Waals surface area contributed by atoms with Crippen LogP contribution in [-0.4, -0.2) is 35.3 Å². The van der Waals surface area contributed by atoms with Crippen LogP contribution in [0.15, 0.2) is 73.2 Å². The van der Waals surface area contributed by atoms with Gasteiger partial charge < -0.3 is 5.32 Å². The van der Waals surface area contributed by atoms with Crippen LogP contribution in [0.1, 0.15) is 41.5 Å². The lowest BCUT2D eigenvalue weighted by Gasteiger charge is -2.08. The molecular formula is C25H23N7O. The lowest BCUT2D eigenvalue weighted by Crippen LogP contribution is -2.13. The lowest BCUT2D eigenvalue weighted by atomic mass is 10.0. The Morgan fingerprint density at radius 2 is 1.85 bits per heavy atom. The Morgan fingerprint density at radius 1 is 1.03 bits per heavy atom. The highest BCUT2D eigenvalue weighted by atomic mass is 16.2. The molecule has 4 heterocycles. The fraction of sp³-hybridized carbons (Fsp3) is 0.160. The first-order chi connectivity index (χ1) is 16.0. The molecule has 0 spiro atoms. The zero-order chi connectivity index (χ0) is 22.9. The van der Waals surface area contributed by atoms with Gasteiger partial charge >= 0.3 is 0 Å². The molecule has 0 aliphatic carbocycles. The van der Waals surface area contributed by atoms with Gasteiger partial charge in [-0.25, -0.2) is 19.2 Å². The maximum absolute atomic E-state index is 13.1. The van der Waals surface area contributed by atoms with Crippen molar-refractivity contribution in [3.05, 3.63) is 90.1 Å². The van der Waals surface area contributed by atoms with Crippen molar-refractivity contribution in [2.24, 2.45) is 0 Å². The Bertz CT molecular complexity index is 1450. The van der Waals surface area contributed by atoms with Gasteiger partial charge in [-0.1, -0.05) is 32.0 Å². The Labute approximate surface area is 190 Å². The minimum Gasteiger partial charge on any atom is -0.321 e. The molecule has 0 bridgehead atoms. The zero-order valence-corrected chi connectivity index (χ0v) is 18.6. The summed E-state index contributed by atoms with van der Waals surface area (Å²) in [4.78, 5) is 21.9. The van der Waals surface area contributed by atoms with Crippen LogP contribution in [0.25, 0.3) is 22.7 Å². The van der Waals surface area contributed by atoms with E-state index in [-0.39, 0.29) is 5.91 Å². The van der Waals surface area contributed by atoms with E-state index >= 15 is 0 Å². The summed E-state index contributed by atoms with van der Waals surface area (Å²) in [5.74, 6) is 0.767. The molecule has 0 saturated heterocycles. The maximum atomic E-state index is 13.1. The molecule has 1 amide bonds. The van der Waals surface area contributed by atoms with Crippen LogP contribution < -0.4 is 5.32 Å². The summed E-state index contributed by atoms with van der Waals surface area (Å²) in [5.41, 5.74) is 5.39. The summed E-state index contributed by atoms with van der Waals surface area (Å²) in [6.07, 6.45) is 3.36. The third kappa shape index (κ3) is 4.10. The molecule has 33 heavy (non-hydrogen) atoms. The first-order valence-electron chi connectivity index (χ1n) is 10.7. The van der Waals surface area contributed by atoms with Crippen LogP contribution in [0, 0.1) is 6.92 Å². The number of carbonyl (C=O) groups is 1. The molecule has 0 atom stereocenters. The smallest absolute Gasteiger partial charge is 0.276 e. The van der Waals surface area contributed by atoms with Crippen molar-refractivity contribution in [1.29, 1.82) is 0 Å². The molecule has 8 nitrogen and oxygen atoms in total. The molecule has 0 saturated carbocycles. The number of anilines is 1. The second kappa shape index (κ2) is 8.31. The topological polar surface area (TPSA) is 90.0 Å². The highest BCUT2D eigenvalue weighted by Gasteiger charge is 2.18. The van der Waals surface area contributed by atoms with E-state index in [9.17, 15) is 4.79 Å². The number of aryl methyl sites for hydroxylation is 1. The summed E-state index contributed by atoms with van der Waals surface area (Å²) in [6, 6.07) is 19.1. The van der Waals surface area contributed by atoms with Crippen LogP contribution in [0.3, 0.4) is 0 Å². The SMILES string of the molecule is Cc1cccc(-n2nc(C(=O)Nc3ccc(C(C)C)cc3)cc2-c2ccc3ncnn3c2)n1. The van der Waals surface area contributed by atoms with E-state index in [0.717, 1.165) is 28.3 Å². The van der Waals surface area contributed by atoms with Crippen LogP contribution in [0.2, 0.25) is 0 Å². The third-order valence-electron chi connectivity index (χ3n) is 5.44. The number of rotatable bonds is 5. The number of carbonyl (C=O) groups excluding carboxylic acids is 1. The fourth-order valence-electron chi connectivity index (χ4n) is 3.63. The van der Waals surface area contributed by atoms with E-state index < -0.39 is 0 Å². The van der Waals surface area contributed by atoms with Crippen molar-refractivity contribution >= 4 is 17.2 Å². The molecule has 8 heteroatoms. The first-order valence-corrected chi connectivity index (χ1v) is 10.7. The average molecular weight is 438 g/mol. The molecule has 4 aromatic heterocycles. The number of aromatic nitrogens is 6. The number of fused-ring (bicyclic) bond motifs is 1. The van der Waals surface area contributed by atoms with E-state index in [1.807, 2.05) is 67.7 Å². The van der Waals surface area contributed by atoms with Gasteiger partial charge in [-0.2, -0.15) is 10.2 Å². The highest BCUT2D eigenvalue weighted by Crippen LogP contribution is 2.25. The number of pyridine rings is 2. The van der Waals surface area contributed by atoms with Crippen molar-refractivity contribution in [2.75, 3.05) is 5.32 Å². The number of hydrogen-bond donors (Lipinski definition) is 1. The van der Waals surface area contributed by atoms with E-state index in [0.29, 0.717) is 17.4 Å². The predicted molar refractivity (Wildman–Crippen MR) is 127 cm³/mol. The quantitative estimate of drug-likeness (QED) is 0.432. The summed E-state index contributed by atoms with van der Waals surface area (Å²) < 4.78 is 3.37. The molecule has 0 fully saturated rings. The molecule has 5 rings (SSSR count). The molecule has 0 unspecified atom stereocenters. The van der Waals surface area contributed by atoms with Crippen LogP contribution in [0.5, 0.6) is 0 Å². The number of amides is 1. The number of nitrogens with one attached hydrogen (secondary N) is 1. The van der Waals surface area contributed by atoms with Crippen molar-refractivity contribution in [3.8, 4) is 17.1 Å². The Morgan fingerprint density at radius 3 is 2.61 bits per heavy atom. The van der Waals surface area contributed by atoms with E-state index in [4.69, 9.17) is 0 Å². The number of nitrogens with zero attached hydrogens (tertiary/aromatic N) is 6. The van der Waals surface area contributed by atoms with Crippen LogP contribution in [0.4, 0.5) is 5.69 Å². The molecule has 5 aromatic rings. The molecular weight excluding hydrogens is 414 g/mol. The van der Waals surface area contributed by atoms with Gasteiger partial charge in [0.2, 0.25) is 0 Å². The van der Waals surface area contributed by atoms with Crippen LogP contribution >= 0.6 is 0 Å². The minimum atomic E-state index is -0.290. The Balaban J connectivity index is 1.54. The van der Waals surface area contributed by atoms with Crippen LogP contribution in [-0.2, 0) is 0 Å². The summed E-state index contributed by atoms with van der Waals surface area (Å²) in [7, 11) is 0. The van der Waals surface area contributed by atoms with Gasteiger partial charge in [0.1, 0.15) is 6.33 Å². The standard InChI is InChI=1S/C25H23N7O/c1-16(2)18-7-10-20(11-8-18)29-25(33)21-13-22(19-9-12-23-26-15-27-31(23)14-19)32(30-21)24-6-4-5-17(3)28-24/h4-16H,1-3H3,(H,29,33). The summed E-state index contributed by atoms with van der Waals surface area (Å²) >= 11 is 0. The van der Waals surface area contributed by atoms with Crippen molar-refractivity contribution < 1.29 is 4.79 Å². The molecule has 1 aromatic carbocycles. The number of hydrogen-bond acceptors (Lipinski definition) is 5. The normalized spacial score (nSPS) is 11.3. The van der Waals surface area contributed by atoms with E-state index in [1.54, 1.807) is 15.3 Å². The summed E-state index contributed by atoms with van der Waals surface area (Å²) in [6.45, 7) is 6.19. The molecule has 0 radical (unpaired) electrons. The average Bonchev–Trinajstić information content (AvgIpc) is 3.46. The van der Waals surface area contributed by atoms with Gasteiger partial charge in [-0.3, -0.25) is 4.79 Å². The van der Waals surface area contributed by atoms with Gasteiger partial charge in [-0.05, 0) is 60.9 Å². The zero-order valence-electron chi connectivity index (χ0n) is 18.6. The predicted octanol–water partition coefficient (Wildman–Crippen LogP) is 4.66. The van der Waals surface area contributed by atoms with E-state index in [2.05, 4.69) is 39.3 Å². The van der Waals surface area contributed by atoms with E-state index in [1.165, 1.54) is 11.9 Å². The van der Waals surface area contributed by atoms with Gasteiger partial charge in [-0.15, -0.1) is 0 Å². The Hall–Kier alpha value is -4.33. The monoisotopic (exact) mass is 437 g/mol. The van der Waals surface area contributed by atoms with Gasteiger partial charge in [0.05, 0.1) is 5.69 Å². The highest BCUT2D eigenvalue weighted by molar-refractivity contribution is 6.03. The molecule has 0 aliphatic heterocycles. The maximum Gasteiger partial charge on any atom is 0.276 e. The second-order valence-electron chi connectivity index (χ2n) is 8.18. The summed E-state index contributed by atoms with van der Waals surface area (Å²) in [5, 5.41) is 11.8. The van der Waals surface area contributed by atoms with Gasteiger partial charge in [0.15, 0.2) is 17.2 Å². The lowest BCUT2D eigenvalue weighted by molar-refractivity contribution is 0.102.